The predicted molar refractivity (Wildman–Crippen MR) is 74.6 cm³/mol. The number of pyridine rings is 1. The fourth-order valence-corrected chi connectivity index (χ4v) is 2.40. The van der Waals surface area contributed by atoms with Gasteiger partial charge >= 0.3 is 5.97 Å². The van der Waals surface area contributed by atoms with E-state index in [1.165, 1.54) is 12.0 Å². The van der Waals surface area contributed by atoms with Gasteiger partial charge in [0.05, 0.1) is 7.11 Å². The van der Waals surface area contributed by atoms with E-state index < -0.39 is 0 Å². The third-order valence-electron chi connectivity index (χ3n) is 3.43. The van der Waals surface area contributed by atoms with Gasteiger partial charge in [-0.05, 0) is 25.0 Å². The number of nitrogens with zero attached hydrogens (tertiary/aromatic N) is 3. The molecule has 0 aromatic carbocycles. The van der Waals surface area contributed by atoms with Crippen molar-refractivity contribution >= 4 is 17.6 Å². The maximum Gasteiger partial charge on any atom is 0.328 e. The fraction of sp³-hybridized carbons (Fsp3) is 0.500. The van der Waals surface area contributed by atoms with Gasteiger partial charge in [0.1, 0.15) is 11.7 Å². The molecule has 1 aromatic rings. The molecule has 0 saturated carbocycles. The number of hydrogen-bond acceptors (Lipinski definition) is 5. The molecule has 20 heavy (non-hydrogen) atoms. The summed E-state index contributed by atoms with van der Waals surface area (Å²) in [5.74, 6) is -0.388. The molecule has 6 nitrogen and oxygen atoms in total. The minimum Gasteiger partial charge on any atom is -0.467 e. The molecule has 0 spiro atoms. The molecule has 0 bridgehead atoms. The van der Waals surface area contributed by atoms with Crippen LogP contribution in [0.2, 0.25) is 0 Å². The van der Waals surface area contributed by atoms with E-state index in [2.05, 4.69) is 4.98 Å². The summed E-state index contributed by atoms with van der Waals surface area (Å²) in [5, 5.41) is 0. The quantitative estimate of drug-likeness (QED) is 0.769. The van der Waals surface area contributed by atoms with E-state index in [0.717, 1.165) is 25.1 Å². The number of aromatic nitrogens is 1. The molecular weight excluding hydrogens is 258 g/mol. The number of anilines is 1. The second-order valence-corrected chi connectivity index (χ2v) is 4.97. The number of carbonyl (C=O) groups is 2. The number of amides is 1. The van der Waals surface area contributed by atoms with E-state index >= 15 is 0 Å². The molecule has 0 aliphatic carbocycles. The van der Waals surface area contributed by atoms with Crippen molar-refractivity contribution in [3.05, 3.63) is 24.0 Å². The predicted octanol–water partition coefficient (Wildman–Crippen LogP) is 0.925. The zero-order valence-electron chi connectivity index (χ0n) is 12.0. The Morgan fingerprint density at radius 2 is 2.20 bits per heavy atom. The summed E-state index contributed by atoms with van der Waals surface area (Å²) in [5.41, 5.74) is 1.21. The van der Waals surface area contributed by atoms with Gasteiger partial charge in [0.25, 0.3) is 5.91 Å². The van der Waals surface area contributed by atoms with Crippen LogP contribution in [0.5, 0.6) is 0 Å². The molecule has 1 amide bonds. The Hall–Kier alpha value is -2.11. The van der Waals surface area contributed by atoms with Crippen molar-refractivity contribution in [2.24, 2.45) is 0 Å². The number of esters is 1. The molecule has 1 fully saturated rings. The first kappa shape index (κ1) is 14.3. The summed E-state index contributed by atoms with van der Waals surface area (Å²) < 4.78 is 4.83. The maximum absolute atomic E-state index is 11.9. The highest BCUT2D eigenvalue weighted by Gasteiger charge is 2.32. The lowest BCUT2D eigenvalue weighted by molar-refractivity contribution is -0.141. The molecule has 1 unspecified atom stereocenters. The van der Waals surface area contributed by atoms with Gasteiger partial charge in [-0.2, -0.15) is 0 Å². The topological polar surface area (TPSA) is 62.7 Å². The Labute approximate surface area is 118 Å². The van der Waals surface area contributed by atoms with Gasteiger partial charge in [-0.25, -0.2) is 4.79 Å². The zero-order chi connectivity index (χ0) is 14.7. The molecule has 2 heterocycles. The molecule has 108 valence electrons. The van der Waals surface area contributed by atoms with Crippen molar-refractivity contribution in [1.29, 1.82) is 0 Å². The Morgan fingerprint density at radius 3 is 2.85 bits per heavy atom. The van der Waals surface area contributed by atoms with E-state index in [9.17, 15) is 9.59 Å². The summed E-state index contributed by atoms with van der Waals surface area (Å²) in [6.45, 7) is 0.777. The summed E-state index contributed by atoms with van der Waals surface area (Å²) in [6, 6.07) is 3.27. The highest BCUT2D eigenvalue weighted by molar-refractivity contribution is 5.93. The Bertz CT molecular complexity index is 516. The average molecular weight is 277 g/mol. The van der Waals surface area contributed by atoms with Crippen LogP contribution in [-0.2, 0) is 9.53 Å². The van der Waals surface area contributed by atoms with E-state index in [0.29, 0.717) is 5.69 Å². The lowest BCUT2D eigenvalue weighted by atomic mass is 10.2. The second-order valence-electron chi connectivity index (χ2n) is 4.97. The van der Waals surface area contributed by atoms with E-state index in [1.807, 2.05) is 11.0 Å². The van der Waals surface area contributed by atoms with Crippen molar-refractivity contribution in [3.8, 4) is 0 Å². The normalized spacial score (nSPS) is 17.9. The molecule has 2 rings (SSSR count). The molecule has 1 aliphatic heterocycles. The smallest absolute Gasteiger partial charge is 0.328 e. The third-order valence-corrected chi connectivity index (χ3v) is 3.43. The maximum atomic E-state index is 11.9. The average Bonchev–Trinajstić information content (AvgIpc) is 2.95. The van der Waals surface area contributed by atoms with Gasteiger partial charge in [0, 0.05) is 32.5 Å². The van der Waals surface area contributed by atoms with Gasteiger partial charge in [-0.15, -0.1) is 0 Å². The molecule has 1 aromatic heterocycles. The van der Waals surface area contributed by atoms with Crippen LogP contribution >= 0.6 is 0 Å². The first-order valence-corrected chi connectivity index (χ1v) is 6.56. The van der Waals surface area contributed by atoms with Crippen molar-refractivity contribution in [1.82, 2.24) is 9.88 Å². The molecule has 6 heteroatoms. The van der Waals surface area contributed by atoms with Crippen LogP contribution in [0.25, 0.3) is 0 Å². The van der Waals surface area contributed by atoms with Gasteiger partial charge < -0.3 is 14.5 Å². The minimum absolute atomic E-state index is 0.152. The molecular formula is C14H19N3O3. The van der Waals surface area contributed by atoms with Crippen molar-refractivity contribution in [2.75, 3.05) is 32.6 Å². The van der Waals surface area contributed by atoms with Crippen molar-refractivity contribution in [3.63, 3.8) is 0 Å². The highest BCUT2D eigenvalue weighted by Crippen LogP contribution is 2.26. The van der Waals surface area contributed by atoms with Gasteiger partial charge in [0.2, 0.25) is 0 Å². The number of methoxy groups -OCH3 is 1. The summed E-state index contributed by atoms with van der Waals surface area (Å²) in [6.07, 6.45) is 3.30. The van der Waals surface area contributed by atoms with Crippen molar-refractivity contribution in [2.45, 2.75) is 18.9 Å². The number of rotatable bonds is 3. The number of hydrogen-bond donors (Lipinski definition) is 0. The van der Waals surface area contributed by atoms with E-state index in [4.69, 9.17) is 4.74 Å². The van der Waals surface area contributed by atoms with Crippen LogP contribution in [0, 0.1) is 0 Å². The molecule has 1 saturated heterocycles. The van der Waals surface area contributed by atoms with Gasteiger partial charge in [0.15, 0.2) is 0 Å². The largest absolute Gasteiger partial charge is 0.467 e. The second kappa shape index (κ2) is 5.90. The SMILES string of the molecule is COC(=O)C1CCCN1c1ccnc(C(=O)N(C)C)c1. The van der Waals surface area contributed by atoms with Crippen molar-refractivity contribution < 1.29 is 14.3 Å². The zero-order valence-corrected chi connectivity index (χ0v) is 12.0. The standard InChI is InChI=1S/C14H19N3O3/c1-16(2)13(18)11-9-10(6-7-15-11)17-8-4-5-12(17)14(19)20-3/h6-7,9,12H,4-5,8H2,1-3H3. The molecule has 0 radical (unpaired) electrons. The Kier molecular flexibility index (Phi) is 4.22. The van der Waals surface area contributed by atoms with Crippen LogP contribution in [0.1, 0.15) is 23.3 Å². The molecule has 1 aliphatic rings. The first-order valence-electron chi connectivity index (χ1n) is 6.56. The third kappa shape index (κ3) is 2.74. The van der Waals surface area contributed by atoms with Crippen LogP contribution in [0.3, 0.4) is 0 Å². The van der Waals surface area contributed by atoms with E-state index in [1.54, 1.807) is 26.4 Å². The van der Waals surface area contributed by atoms with Gasteiger partial charge in [-0.3, -0.25) is 9.78 Å². The van der Waals surface area contributed by atoms with Crippen LogP contribution < -0.4 is 4.90 Å². The van der Waals surface area contributed by atoms with E-state index in [-0.39, 0.29) is 17.9 Å². The first-order chi connectivity index (χ1) is 9.54. The minimum atomic E-state index is -0.273. The van der Waals surface area contributed by atoms with Crippen LogP contribution in [0.15, 0.2) is 18.3 Å². The Balaban J connectivity index is 2.26. The summed E-state index contributed by atoms with van der Waals surface area (Å²) >= 11 is 0. The lowest BCUT2D eigenvalue weighted by Crippen LogP contribution is -2.37. The summed E-state index contributed by atoms with van der Waals surface area (Å²) in [7, 11) is 4.76. The highest BCUT2D eigenvalue weighted by atomic mass is 16.5. The number of carbonyl (C=O) groups excluding carboxylic acids is 2. The molecule has 1 atom stereocenters. The Morgan fingerprint density at radius 1 is 1.45 bits per heavy atom. The monoisotopic (exact) mass is 277 g/mol. The lowest BCUT2D eigenvalue weighted by Gasteiger charge is -2.25. The summed E-state index contributed by atoms with van der Waals surface area (Å²) in [4.78, 5) is 31.2. The van der Waals surface area contributed by atoms with Crippen LogP contribution in [0.4, 0.5) is 5.69 Å². The van der Waals surface area contributed by atoms with Gasteiger partial charge in [-0.1, -0.05) is 0 Å². The number of ether oxygens (including phenoxy) is 1. The van der Waals surface area contributed by atoms with Crippen LogP contribution in [-0.4, -0.2) is 55.6 Å². The molecule has 0 N–H and O–H groups in total. The fourth-order valence-electron chi connectivity index (χ4n) is 2.40.